The minimum atomic E-state index is -3.49. The molecule has 0 spiro atoms. The molecule has 1 aromatic heterocycles. The Morgan fingerprint density at radius 1 is 1.50 bits per heavy atom. The van der Waals surface area contributed by atoms with E-state index < -0.39 is 10.0 Å². The molecule has 0 amide bonds. The molecule has 2 heterocycles. The maximum Gasteiger partial charge on any atom is 0.244 e. The predicted molar refractivity (Wildman–Crippen MR) is 74.5 cm³/mol. The molecule has 1 aromatic rings. The third-order valence-electron chi connectivity index (χ3n) is 2.83. The number of nitrogens with one attached hydrogen (secondary N) is 2. The molecule has 1 saturated heterocycles. The predicted octanol–water partition coefficient (Wildman–Crippen LogP) is 1.30. The van der Waals surface area contributed by atoms with Gasteiger partial charge in [0.25, 0.3) is 0 Å². The van der Waals surface area contributed by atoms with Crippen LogP contribution in [0.25, 0.3) is 0 Å². The zero-order chi connectivity index (χ0) is 13.0. The summed E-state index contributed by atoms with van der Waals surface area (Å²) in [6.07, 6.45) is 4.91. The molecule has 100 valence electrons. The van der Waals surface area contributed by atoms with Crippen LogP contribution in [0.4, 0.5) is 5.69 Å². The maximum atomic E-state index is 12.3. The Bertz CT molecular complexity index is 499. The molecule has 1 atom stereocenters. The highest BCUT2D eigenvalue weighted by Crippen LogP contribution is 2.22. The monoisotopic (exact) mass is 287 g/mol. The van der Waals surface area contributed by atoms with Gasteiger partial charge in [0.15, 0.2) is 0 Å². The van der Waals surface area contributed by atoms with Crippen LogP contribution >= 0.6 is 11.8 Å². The summed E-state index contributed by atoms with van der Waals surface area (Å²) >= 11 is 1.79. The minimum absolute atomic E-state index is 0.0265. The van der Waals surface area contributed by atoms with Crippen molar-refractivity contribution in [3.05, 3.63) is 18.5 Å². The van der Waals surface area contributed by atoms with Gasteiger partial charge in [0.2, 0.25) is 10.0 Å². The van der Waals surface area contributed by atoms with E-state index >= 15 is 0 Å². The summed E-state index contributed by atoms with van der Waals surface area (Å²) in [5.41, 5.74) is 0.570. The lowest BCUT2D eigenvalue weighted by atomic mass is 10.2. The first-order chi connectivity index (χ1) is 8.63. The minimum Gasteiger partial charge on any atom is -0.387 e. The van der Waals surface area contributed by atoms with E-state index in [0.717, 1.165) is 24.3 Å². The Morgan fingerprint density at radius 3 is 3.00 bits per heavy atom. The molecular weight excluding hydrogens is 270 g/mol. The quantitative estimate of drug-likeness (QED) is 0.873. The number of hydrogen-bond donors (Lipinski definition) is 2. The van der Waals surface area contributed by atoms with Crippen molar-refractivity contribution in [1.29, 1.82) is 0 Å². The summed E-state index contributed by atoms with van der Waals surface area (Å²) in [6.45, 7) is 0. The number of rotatable bonds is 4. The van der Waals surface area contributed by atoms with Crippen molar-refractivity contribution >= 4 is 27.5 Å². The van der Waals surface area contributed by atoms with E-state index in [9.17, 15) is 8.42 Å². The summed E-state index contributed by atoms with van der Waals surface area (Å²) in [6, 6.07) is 1.68. The van der Waals surface area contributed by atoms with Crippen molar-refractivity contribution in [2.24, 2.45) is 0 Å². The van der Waals surface area contributed by atoms with E-state index in [2.05, 4.69) is 15.0 Å². The van der Waals surface area contributed by atoms with Crippen LogP contribution in [-0.2, 0) is 10.0 Å². The highest BCUT2D eigenvalue weighted by atomic mass is 32.2. The number of hydrogen-bond acceptors (Lipinski definition) is 5. The Labute approximate surface area is 112 Å². The normalized spacial score (nSPS) is 20.6. The molecule has 0 aliphatic carbocycles. The van der Waals surface area contributed by atoms with Crippen LogP contribution in [0.5, 0.6) is 0 Å². The number of thioether (sulfide) groups is 1. The van der Waals surface area contributed by atoms with Crippen molar-refractivity contribution in [2.75, 3.05) is 23.9 Å². The van der Waals surface area contributed by atoms with Gasteiger partial charge in [-0.25, -0.2) is 13.1 Å². The van der Waals surface area contributed by atoms with Gasteiger partial charge in [-0.05, 0) is 24.7 Å². The fourth-order valence-electron chi connectivity index (χ4n) is 1.92. The molecule has 1 unspecified atom stereocenters. The summed E-state index contributed by atoms with van der Waals surface area (Å²) in [4.78, 5) is 4.10. The summed E-state index contributed by atoms with van der Waals surface area (Å²) < 4.78 is 27.3. The van der Waals surface area contributed by atoms with Crippen LogP contribution in [0.15, 0.2) is 23.4 Å². The maximum absolute atomic E-state index is 12.3. The highest BCUT2D eigenvalue weighted by Gasteiger charge is 2.24. The van der Waals surface area contributed by atoms with Gasteiger partial charge in [-0.1, -0.05) is 0 Å². The summed E-state index contributed by atoms with van der Waals surface area (Å²) in [5, 5.41) is 2.87. The third-order valence-corrected chi connectivity index (χ3v) is 5.59. The second-order valence-electron chi connectivity index (χ2n) is 4.16. The van der Waals surface area contributed by atoms with Gasteiger partial charge in [-0.2, -0.15) is 11.8 Å². The van der Waals surface area contributed by atoms with Crippen molar-refractivity contribution in [3.63, 3.8) is 0 Å². The molecule has 0 bridgehead atoms. The number of pyridine rings is 1. The lowest BCUT2D eigenvalue weighted by Gasteiger charge is -2.22. The topological polar surface area (TPSA) is 71.1 Å². The molecule has 0 aromatic carbocycles. The summed E-state index contributed by atoms with van der Waals surface area (Å²) in [7, 11) is -1.79. The van der Waals surface area contributed by atoms with Gasteiger partial charge in [-0.3, -0.25) is 4.98 Å². The fraction of sp³-hybridized carbons (Fsp3) is 0.545. The van der Waals surface area contributed by atoms with Crippen molar-refractivity contribution in [3.8, 4) is 0 Å². The van der Waals surface area contributed by atoms with Crippen molar-refractivity contribution < 1.29 is 8.42 Å². The largest absolute Gasteiger partial charge is 0.387 e. The molecule has 0 saturated carbocycles. The molecule has 2 rings (SSSR count). The lowest BCUT2D eigenvalue weighted by Crippen LogP contribution is -2.38. The van der Waals surface area contributed by atoms with E-state index in [1.807, 2.05) is 0 Å². The fourth-order valence-corrected chi connectivity index (χ4v) is 4.52. The van der Waals surface area contributed by atoms with Gasteiger partial charge < -0.3 is 5.32 Å². The van der Waals surface area contributed by atoms with E-state index in [1.54, 1.807) is 31.1 Å². The van der Waals surface area contributed by atoms with Crippen molar-refractivity contribution in [1.82, 2.24) is 9.71 Å². The Morgan fingerprint density at radius 2 is 2.33 bits per heavy atom. The van der Waals surface area contributed by atoms with Crippen LogP contribution in [0.1, 0.15) is 12.8 Å². The standard InChI is InChI=1S/C11H17N3O2S2/c1-12-10-4-5-13-7-11(10)18(15,16)14-9-3-2-6-17-8-9/h4-5,7,9,14H,2-3,6,8H2,1H3,(H,12,13). The second kappa shape index (κ2) is 5.90. The zero-order valence-electron chi connectivity index (χ0n) is 10.2. The SMILES string of the molecule is CNc1ccncc1S(=O)(=O)NC1CCCSC1. The van der Waals surface area contributed by atoms with Gasteiger partial charge in [0.1, 0.15) is 4.90 Å². The zero-order valence-corrected chi connectivity index (χ0v) is 11.9. The van der Waals surface area contributed by atoms with Crippen LogP contribution < -0.4 is 10.0 Å². The van der Waals surface area contributed by atoms with Crippen molar-refractivity contribution in [2.45, 2.75) is 23.8 Å². The Balaban J connectivity index is 2.19. The average molecular weight is 287 g/mol. The molecule has 5 nitrogen and oxygen atoms in total. The third kappa shape index (κ3) is 3.15. The van der Waals surface area contributed by atoms with E-state index in [-0.39, 0.29) is 10.9 Å². The first kappa shape index (κ1) is 13.6. The first-order valence-corrected chi connectivity index (χ1v) is 8.49. The van der Waals surface area contributed by atoms with Gasteiger partial charge in [0, 0.05) is 31.2 Å². The van der Waals surface area contributed by atoms with Gasteiger partial charge >= 0.3 is 0 Å². The van der Waals surface area contributed by atoms with Crippen LogP contribution in [0, 0.1) is 0 Å². The molecule has 1 fully saturated rings. The number of sulfonamides is 1. The second-order valence-corrected chi connectivity index (χ2v) is 6.99. The first-order valence-electron chi connectivity index (χ1n) is 5.85. The van der Waals surface area contributed by atoms with Crippen LogP contribution in [0.2, 0.25) is 0 Å². The van der Waals surface area contributed by atoms with E-state index in [1.165, 1.54) is 6.20 Å². The molecule has 1 aliphatic rings. The van der Waals surface area contributed by atoms with Crippen LogP contribution in [-0.4, -0.2) is 38.0 Å². The number of anilines is 1. The Kier molecular flexibility index (Phi) is 4.47. The number of aromatic nitrogens is 1. The molecule has 7 heteroatoms. The molecular formula is C11H17N3O2S2. The number of nitrogens with zero attached hydrogens (tertiary/aromatic N) is 1. The summed E-state index contributed by atoms with van der Waals surface area (Å²) in [5.74, 6) is 1.96. The lowest BCUT2D eigenvalue weighted by molar-refractivity contribution is 0.543. The van der Waals surface area contributed by atoms with Crippen LogP contribution in [0.3, 0.4) is 0 Å². The van der Waals surface area contributed by atoms with Gasteiger partial charge in [-0.15, -0.1) is 0 Å². The highest BCUT2D eigenvalue weighted by molar-refractivity contribution is 7.99. The smallest absolute Gasteiger partial charge is 0.244 e. The average Bonchev–Trinajstić information content (AvgIpc) is 2.39. The molecule has 2 N–H and O–H groups in total. The molecule has 1 aliphatic heterocycles. The Hall–Kier alpha value is -0.790. The van der Waals surface area contributed by atoms with E-state index in [0.29, 0.717) is 5.69 Å². The van der Waals surface area contributed by atoms with Gasteiger partial charge in [0.05, 0.1) is 5.69 Å². The van der Waals surface area contributed by atoms with E-state index in [4.69, 9.17) is 0 Å². The molecule has 0 radical (unpaired) electrons. The molecule has 18 heavy (non-hydrogen) atoms.